The molecule has 0 aliphatic carbocycles. The van der Waals surface area contributed by atoms with Crippen LogP contribution in [0.25, 0.3) is 0 Å². The lowest BCUT2D eigenvalue weighted by Gasteiger charge is -2.22. The van der Waals surface area contributed by atoms with Crippen LogP contribution in [0.4, 0.5) is 5.69 Å². The van der Waals surface area contributed by atoms with E-state index in [-0.39, 0.29) is 18.3 Å². The molecule has 1 fully saturated rings. The SMILES string of the molecule is Cl.O=C(Nc1ccc2c(c1)OCCO2)c1cn(C2CCNCC2)nn1. The number of amides is 1. The molecule has 0 atom stereocenters. The van der Waals surface area contributed by atoms with Crippen molar-refractivity contribution in [2.45, 2.75) is 18.9 Å². The van der Waals surface area contributed by atoms with E-state index in [4.69, 9.17) is 9.47 Å². The van der Waals surface area contributed by atoms with E-state index in [1.54, 1.807) is 29.1 Å². The van der Waals surface area contributed by atoms with Gasteiger partial charge in [-0.1, -0.05) is 5.21 Å². The molecule has 0 unspecified atom stereocenters. The lowest BCUT2D eigenvalue weighted by atomic mass is 10.1. The van der Waals surface area contributed by atoms with E-state index < -0.39 is 0 Å². The van der Waals surface area contributed by atoms with E-state index in [1.807, 2.05) is 0 Å². The third-order valence-electron chi connectivity index (χ3n) is 4.23. The Kier molecular flexibility index (Phi) is 5.40. The summed E-state index contributed by atoms with van der Waals surface area (Å²) < 4.78 is 12.8. The lowest BCUT2D eigenvalue weighted by molar-refractivity contribution is 0.102. The van der Waals surface area contributed by atoms with Crippen molar-refractivity contribution in [2.24, 2.45) is 0 Å². The molecule has 9 heteroatoms. The van der Waals surface area contributed by atoms with E-state index in [0.29, 0.717) is 42.1 Å². The van der Waals surface area contributed by atoms with Gasteiger partial charge in [0.15, 0.2) is 17.2 Å². The molecule has 25 heavy (non-hydrogen) atoms. The molecule has 0 bridgehead atoms. The number of nitrogens with one attached hydrogen (secondary N) is 2. The number of nitrogens with zero attached hydrogens (tertiary/aromatic N) is 3. The van der Waals surface area contributed by atoms with Crippen molar-refractivity contribution in [3.8, 4) is 11.5 Å². The standard InChI is InChI=1S/C16H19N5O3.ClH/c22-16(13-10-21(20-19-13)12-3-5-17-6-4-12)18-11-1-2-14-15(9-11)24-8-7-23-14;/h1-2,9-10,12,17H,3-8H2,(H,18,22);1H. The average Bonchev–Trinajstić information content (AvgIpc) is 3.13. The Balaban J connectivity index is 0.00000182. The number of piperidine rings is 1. The number of ether oxygens (including phenoxy) is 2. The number of halogens is 1. The van der Waals surface area contributed by atoms with E-state index in [9.17, 15) is 4.79 Å². The Morgan fingerprint density at radius 1 is 1.20 bits per heavy atom. The first-order chi connectivity index (χ1) is 11.8. The number of hydrogen-bond donors (Lipinski definition) is 2. The maximum Gasteiger partial charge on any atom is 0.277 e. The van der Waals surface area contributed by atoms with E-state index in [2.05, 4.69) is 20.9 Å². The van der Waals surface area contributed by atoms with Gasteiger partial charge in [-0.15, -0.1) is 17.5 Å². The van der Waals surface area contributed by atoms with Crippen LogP contribution >= 0.6 is 12.4 Å². The zero-order valence-electron chi connectivity index (χ0n) is 13.6. The van der Waals surface area contributed by atoms with Crippen molar-refractivity contribution in [2.75, 3.05) is 31.6 Å². The minimum absolute atomic E-state index is 0. The second-order valence-corrected chi connectivity index (χ2v) is 5.88. The van der Waals surface area contributed by atoms with Crippen LogP contribution in [0.2, 0.25) is 0 Å². The molecule has 1 saturated heterocycles. The minimum Gasteiger partial charge on any atom is -0.486 e. The first-order valence-electron chi connectivity index (χ1n) is 8.13. The third kappa shape index (κ3) is 3.85. The number of rotatable bonds is 3. The summed E-state index contributed by atoms with van der Waals surface area (Å²) in [5.74, 6) is 1.04. The van der Waals surface area contributed by atoms with Crippen LogP contribution in [0, 0.1) is 0 Å². The second-order valence-electron chi connectivity index (χ2n) is 5.88. The fraction of sp³-hybridized carbons (Fsp3) is 0.438. The zero-order chi connectivity index (χ0) is 16.4. The summed E-state index contributed by atoms with van der Waals surface area (Å²) >= 11 is 0. The Labute approximate surface area is 151 Å². The smallest absolute Gasteiger partial charge is 0.277 e. The van der Waals surface area contributed by atoms with Gasteiger partial charge in [-0.05, 0) is 38.1 Å². The van der Waals surface area contributed by atoms with Crippen molar-refractivity contribution in [1.29, 1.82) is 0 Å². The third-order valence-corrected chi connectivity index (χ3v) is 4.23. The van der Waals surface area contributed by atoms with Crippen LogP contribution < -0.4 is 20.1 Å². The van der Waals surface area contributed by atoms with Gasteiger partial charge in [0.05, 0.1) is 12.2 Å². The number of carbonyl (C=O) groups excluding carboxylic acids is 1. The van der Waals surface area contributed by atoms with Gasteiger partial charge in [-0.2, -0.15) is 0 Å². The van der Waals surface area contributed by atoms with Gasteiger partial charge in [0.2, 0.25) is 0 Å². The highest BCUT2D eigenvalue weighted by Gasteiger charge is 2.19. The van der Waals surface area contributed by atoms with Crippen molar-refractivity contribution in [3.05, 3.63) is 30.1 Å². The number of aromatic nitrogens is 3. The summed E-state index contributed by atoms with van der Waals surface area (Å²) in [5.41, 5.74) is 0.948. The molecular weight excluding hydrogens is 346 g/mol. The molecule has 8 nitrogen and oxygen atoms in total. The number of carbonyl (C=O) groups is 1. The summed E-state index contributed by atoms with van der Waals surface area (Å²) in [6.45, 7) is 2.97. The van der Waals surface area contributed by atoms with Crippen LogP contribution in [0.15, 0.2) is 24.4 Å². The highest BCUT2D eigenvalue weighted by atomic mass is 35.5. The summed E-state index contributed by atoms with van der Waals surface area (Å²) in [7, 11) is 0. The van der Waals surface area contributed by atoms with Gasteiger partial charge in [-0.3, -0.25) is 4.79 Å². The Bertz CT molecular complexity index is 745. The molecule has 1 aromatic heterocycles. The Morgan fingerprint density at radius 3 is 2.76 bits per heavy atom. The van der Waals surface area contributed by atoms with Crippen LogP contribution in [-0.4, -0.2) is 47.2 Å². The molecule has 0 radical (unpaired) electrons. The molecule has 0 spiro atoms. The number of anilines is 1. The summed E-state index contributed by atoms with van der Waals surface area (Å²) in [6.07, 6.45) is 3.70. The van der Waals surface area contributed by atoms with Crippen LogP contribution in [-0.2, 0) is 0 Å². The monoisotopic (exact) mass is 365 g/mol. The highest BCUT2D eigenvalue weighted by Crippen LogP contribution is 2.32. The van der Waals surface area contributed by atoms with Gasteiger partial charge < -0.3 is 20.1 Å². The molecule has 1 amide bonds. The van der Waals surface area contributed by atoms with E-state index in [1.165, 1.54) is 0 Å². The Morgan fingerprint density at radius 2 is 1.96 bits per heavy atom. The van der Waals surface area contributed by atoms with Gasteiger partial charge in [0, 0.05) is 11.8 Å². The molecule has 134 valence electrons. The maximum absolute atomic E-state index is 12.4. The first kappa shape index (κ1) is 17.5. The Hall–Kier alpha value is -2.32. The van der Waals surface area contributed by atoms with Crippen molar-refractivity contribution < 1.29 is 14.3 Å². The second kappa shape index (κ2) is 7.71. The van der Waals surface area contributed by atoms with Gasteiger partial charge in [0.1, 0.15) is 13.2 Å². The summed E-state index contributed by atoms with van der Waals surface area (Å²) in [5, 5.41) is 14.2. The first-order valence-corrected chi connectivity index (χ1v) is 8.13. The van der Waals surface area contributed by atoms with Crippen molar-refractivity contribution in [3.63, 3.8) is 0 Å². The largest absolute Gasteiger partial charge is 0.486 e. The minimum atomic E-state index is -0.285. The normalized spacial score (nSPS) is 16.8. The maximum atomic E-state index is 12.4. The number of hydrogen-bond acceptors (Lipinski definition) is 6. The van der Waals surface area contributed by atoms with Gasteiger partial charge in [-0.25, -0.2) is 4.68 Å². The summed E-state index contributed by atoms with van der Waals surface area (Å²) in [4.78, 5) is 12.4. The molecular formula is C16H20ClN5O3. The van der Waals surface area contributed by atoms with Crippen LogP contribution in [0.1, 0.15) is 29.4 Å². The van der Waals surface area contributed by atoms with E-state index in [0.717, 1.165) is 25.9 Å². The molecule has 0 saturated carbocycles. The number of fused-ring (bicyclic) bond motifs is 1. The molecule has 1 aromatic carbocycles. The predicted molar refractivity (Wildman–Crippen MR) is 93.8 cm³/mol. The fourth-order valence-corrected chi connectivity index (χ4v) is 2.95. The zero-order valence-corrected chi connectivity index (χ0v) is 14.4. The molecule has 4 rings (SSSR count). The average molecular weight is 366 g/mol. The van der Waals surface area contributed by atoms with Crippen molar-refractivity contribution >= 4 is 24.0 Å². The fourth-order valence-electron chi connectivity index (χ4n) is 2.95. The van der Waals surface area contributed by atoms with Crippen LogP contribution in [0.3, 0.4) is 0 Å². The molecule has 2 aliphatic rings. The molecule has 3 heterocycles. The van der Waals surface area contributed by atoms with Crippen molar-refractivity contribution in [1.82, 2.24) is 20.3 Å². The molecule has 2 aromatic rings. The number of benzene rings is 1. The predicted octanol–water partition coefficient (Wildman–Crippen LogP) is 1.65. The molecule has 2 N–H and O–H groups in total. The highest BCUT2D eigenvalue weighted by molar-refractivity contribution is 6.02. The van der Waals surface area contributed by atoms with Gasteiger partial charge in [0.25, 0.3) is 5.91 Å². The quantitative estimate of drug-likeness (QED) is 0.859. The van der Waals surface area contributed by atoms with Gasteiger partial charge >= 0.3 is 0 Å². The molecule has 2 aliphatic heterocycles. The lowest BCUT2D eigenvalue weighted by Crippen LogP contribution is -2.29. The van der Waals surface area contributed by atoms with E-state index >= 15 is 0 Å². The van der Waals surface area contributed by atoms with Crippen LogP contribution in [0.5, 0.6) is 11.5 Å². The summed E-state index contributed by atoms with van der Waals surface area (Å²) in [6, 6.07) is 5.62. The topological polar surface area (TPSA) is 90.3 Å².